The summed E-state index contributed by atoms with van der Waals surface area (Å²) >= 11 is 0. The molecule has 2 heterocycles. The van der Waals surface area contributed by atoms with E-state index in [4.69, 9.17) is 10.8 Å². The number of nitrogens with two attached hydrogens (primary N) is 1. The molecule has 21 heavy (non-hydrogen) atoms. The largest absolute Gasteiger partial charge is 0.480 e. The molecule has 0 saturated carbocycles. The normalized spacial score (nSPS) is 16.7. The Hall–Kier alpha value is -2.00. The number of amides is 1. The third-order valence-corrected chi connectivity index (χ3v) is 3.39. The van der Waals surface area contributed by atoms with Gasteiger partial charge in [-0.1, -0.05) is 5.21 Å². The molecule has 1 aliphatic rings. The van der Waals surface area contributed by atoms with Crippen molar-refractivity contribution < 1.29 is 14.7 Å². The average Bonchev–Trinajstić information content (AvgIpc) is 2.76. The molecule has 1 fully saturated rings. The predicted octanol–water partition coefficient (Wildman–Crippen LogP) is -1.64. The van der Waals surface area contributed by atoms with Gasteiger partial charge in [0.05, 0.1) is 18.4 Å². The van der Waals surface area contributed by atoms with Crippen LogP contribution in [-0.2, 0) is 22.7 Å². The highest BCUT2D eigenvalue weighted by Crippen LogP contribution is 2.04. The number of carbonyl (C=O) groups is 2. The zero-order valence-corrected chi connectivity index (χ0v) is 11.8. The van der Waals surface area contributed by atoms with Gasteiger partial charge in [0.1, 0.15) is 6.54 Å². The van der Waals surface area contributed by atoms with Crippen molar-refractivity contribution in [1.29, 1.82) is 0 Å². The summed E-state index contributed by atoms with van der Waals surface area (Å²) in [5.74, 6) is -0.882. The van der Waals surface area contributed by atoms with Crippen LogP contribution in [0.2, 0.25) is 0 Å². The maximum atomic E-state index is 12.2. The molecule has 0 atom stereocenters. The Kier molecular flexibility index (Phi) is 5.23. The molecule has 0 bridgehead atoms. The van der Waals surface area contributed by atoms with Gasteiger partial charge in [0.2, 0.25) is 5.91 Å². The van der Waals surface area contributed by atoms with Crippen LogP contribution in [-0.4, -0.2) is 74.5 Å². The second kappa shape index (κ2) is 7.14. The lowest BCUT2D eigenvalue weighted by molar-refractivity contribution is -0.138. The monoisotopic (exact) mass is 296 g/mol. The van der Waals surface area contributed by atoms with Gasteiger partial charge in [-0.2, -0.15) is 0 Å². The Balaban J connectivity index is 1.86. The second-order valence-electron chi connectivity index (χ2n) is 5.02. The van der Waals surface area contributed by atoms with E-state index in [-0.39, 0.29) is 19.0 Å². The number of hydrogen-bond donors (Lipinski definition) is 2. The molecule has 9 nitrogen and oxygen atoms in total. The van der Waals surface area contributed by atoms with Gasteiger partial charge in [-0.15, -0.1) is 5.10 Å². The molecule has 116 valence electrons. The molecule has 2 rings (SSSR count). The van der Waals surface area contributed by atoms with Crippen LogP contribution in [0.15, 0.2) is 6.20 Å². The number of carbonyl (C=O) groups excluding carboxylic acids is 1. The molecule has 0 unspecified atom stereocenters. The third kappa shape index (κ3) is 4.50. The van der Waals surface area contributed by atoms with Gasteiger partial charge in [-0.3, -0.25) is 14.5 Å². The lowest BCUT2D eigenvalue weighted by Gasteiger charge is -2.21. The van der Waals surface area contributed by atoms with Crippen LogP contribution in [0.1, 0.15) is 12.1 Å². The maximum absolute atomic E-state index is 12.2. The average molecular weight is 296 g/mol. The van der Waals surface area contributed by atoms with Crippen LogP contribution in [0.25, 0.3) is 0 Å². The molecule has 1 amide bonds. The molecule has 1 aromatic rings. The van der Waals surface area contributed by atoms with Crippen molar-refractivity contribution >= 4 is 11.9 Å². The summed E-state index contributed by atoms with van der Waals surface area (Å²) in [5, 5.41) is 16.5. The summed E-state index contributed by atoms with van der Waals surface area (Å²) in [5.41, 5.74) is 6.09. The second-order valence-corrected chi connectivity index (χ2v) is 5.02. The van der Waals surface area contributed by atoms with E-state index in [0.29, 0.717) is 38.4 Å². The SMILES string of the molecule is NCc1cn(CC(=O)N2CCCN(CC(=O)O)CC2)nn1. The molecule has 1 saturated heterocycles. The van der Waals surface area contributed by atoms with E-state index >= 15 is 0 Å². The molecule has 1 aromatic heterocycles. The van der Waals surface area contributed by atoms with Crippen molar-refractivity contribution in [3.8, 4) is 0 Å². The molecule has 0 aromatic carbocycles. The fourth-order valence-corrected chi connectivity index (χ4v) is 2.32. The number of aromatic nitrogens is 3. The number of hydrogen-bond acceptors (Lipinski definition) is 6. The van der Waals surface area contributed by atoms with Crippen molar-refractivity contribution in [3.05, 3.63) is 11.9 Å². The summed E-state index contributed by atoms with van der Waals surface area (Å²) in [6.07, 6.45) is 2.43. The molecule has 0 spiro atoms. The number of aliphatic carboxylic acids is 1. The summed E-state index contributed by atoms with van der Waals surface area (Å²) in [7, 11) is 0. The molecule has 0 radical (unpaired) electrons. The fourth-order valence-electron chi connectivity index (χ4n) is 2.32. The Morgan fingerprint density at radius 1 is 1.24 bits per heavy atom. The van der Waals surface area contributed by atoms with Crippen LogP contribution < -0.4 is 5.73 Å². The first kappa shape index (κ1) is 15.4. The minimum atomic E-state index is -0.841. The maximum Gasteiger partial charge on any atom is 0.317 e. The molecule has 3 N–H and O–H groups in total. The number of rotatable bonds is 5. The summed E-state index contributed by atoms with van der Waals surface area (Å²) in [6, 6.07) is 0. The zero-order valence-electron chi connectivity index (χ0n) is 11.8. The lowest BCUT2D eigenvalue weighted by Crippen LogP contribution is -2.38. The van der Waals surface area contributed by atoms with Gasteiger partial charge in [0.25, 0.3) is 0 Å². The van der Waals surface area contributed by atoms with Gasteiger partial charge in [-0.05, 0) is 6.42 Å². The van der Waals surface area contributed by atoms with E-state index in [2.05, 4.69) is 10.3 Å². The molecule has 1 aliphatic heterocycles. The highest BCUT2D eigenvalue weighted by atomic mass is 16.4. The molecular weight excluding hydrogens is 276 g/mol. The lowest BCUT2D eigenvalue weighted by atomic mass is 10.3. The Morgan fingerprint density at radius 3 is 2.71 bits per heavy atom. The highest BCUT2D eigenvalue weighted by Gasteiger charge is 2.20. The third-order valence-electron chi connectivity index (χ3n) is 3.39. The quantitative estimate of drug-likeness (QED) is 0.668. The van der Waals surface area contributed by atoms with Gasteiger partial charge >= 0.3 is 5.97 Å². The summed E-state index contributed by atoms with van der Waals surface area (Å²) in [4.78, 5) is 26.5. The summed E-state index contributed by atoms with van der Waals surface area (Å²) < 4.78 is 1.48. The smallest absolute Gasteiger partial charge is 0.317 e. The topological polar surface area (TPSA) is 118 Å². The van der Waals surface area contributed by atoms with Crippen molar-refractivity contribution in [2.24, 2.45) is 5.73 Å². The zero-order chi connectivity index (χ0) is 15.2. The van der Waals surface area contributed by atoms with E-state index in [1.165, 1.54) is 4.68 Å². The van der Waals surface area contributed by atoms with E-state index < -0.39 is 5.97 Å². The van der Waals surface area contributed by atoms with Crippen LogP contribution in [0.4, 0.5) is 0 Å². The predicted molar refractivity (Wildman–Crippen MR) is 73.2 cm³/mol. The van der Waals surface area contributed by atoms with Crippen LogP contribution in [0.3, 0.4) is 0 Å². The first-order valence-electron chi connectivity index (χ1n) is 6.89. The van der Waals surface area contributed by atoms with Crippen molar-refractivity contribution in [1.82, 2.24) is 24.8 Å². The van der Waals surface area contributed by atoms with Crippen LogP contribution >= 0.6 is 0 Å². The van der Waals surface area contributed by atoms with Gasteiger partial charge in [0, 0.05) is 32.7 Å². The Morgan fingerprint density at radius 2 is 2.05 bits per heavy atom. The van der Waals surface area contributed by atoms with Gasteiger partial charge in [-0.25, -0.2) is 4.68 Å². The van der Waals surface area contributed by atoms with Crippen LogP contribution in [0, 0.1) is 0 Å². The Labute approximate surface area is 122 Å². The standard InChI is InChI=1S/C12H20N6O3/c13-6-10-7-18(15-14-10)8-11(19)17-3-1-2-16(4-5-17)9-12(20)21/h7H,1-6,8-9,13H2,(H,20,21). The van der Waals surface area contributed by atoms with E-state index in [0.717, 1.165) is 6.42 Å². The fraction of sp³-hybridized carbons (Fsp3) is 0.667. The van der Waals surface area contributed by atoms with E-state index in [1.807, 2.05) is 4.90 Å². The minimum absolute atomic E-state index is 0.0188. The van der Waals surface area contributed by atoms with E-state index in [1.54, 1.807) is 11.1 Å². The number of carboxylic acids is 1. The summed E-state index contributed by atoms with van der Waals surface area (Å²) in [6.45, 7) is 2.87. The van der Waals surface area contributed by atoms with Crippen molar-refractivity contribution in [2.45, 2.75) is 19.5 Å². The van der Waals surface area contributed by atoms with Gasteiger partial charge in [0.15, 0.2) is 0 Å². The Bertz CT molecular complexity index is 503. The first-order valence-corrected chi connectivity index (χ1v) is 6.89. The molecular formula is C12H20N6O3. The number of nitrogens with zero attached hydrogens (tertiary/aromatic N) is 5. The highest BCUT2D eigenvalue weighted by molar-refractivity contribution is 5.76. The first-order chi connectivity index (χ1) is 10.1. The van der Waals surface area contributed by atoms with Crippen molar-refractivity contribution in [2.75, 3.05) is 32.7 Å². The molecule has 9 heteroatoms. The van der Waals surface area contributed by atoms with Crippen LogP contribution in [0.5, 0.6) is 0 Å². The van der Waals surface area contributed by atoms with E-state index in [9.17, 15) is 9.59 Å². The minimum Gasteiger partial charge on any atom is -0.480 e. The molecule has 0 aliphatic carbocycles. The number of carboxylic acid groups (broad SMARTS) is 1. The van der Waals surface area contributed by atoms with Crippen molar-refractivity contribution in [3.63, 3.8) is 0 Å². The van der Waals surface area contributed by atoms with Gasteiger partial charge < -0.3 is 15.7 Å².